The molecule has 1 heterocycles. The molecule has 1 aromatic heterocycles. The first-order valence-corrected chi connectivity index (χ1v) is 4.03. The van der Waals surface area contributed by atoms with E-state index in [1.165, 1.54) is 18.4 Å². The Balaban J connectivity index is 2.90. The Morgan fingerprint density at radius 3 is 3.08 bits per heavy atom. The Labute approximate surface area is 73.2 Å². The minimum atomic E-state index is -0.444. The molecule has 4 nitrogen and oxygen atoms in total. The first-order chi connectivity index (χ1) is 5.79. The second-order valence-electron chi connectivity index (χ2n) is 1.92. The van der Waals surface area contributed by atoms with Gasteiger partial charge in [-0.2, -0.15) is 0 Å². The lowest BCUT2D eigenvalue weighted by Gasteiger charge is -1.98. The SMILES string of the molecule is COC(=O)c1ccsc1NC=O. The number of rotatable bonds is 3. The third kappa shape index (κ3) is 1.62. The van der Waals surface area contributed by atoms with Crippen LogP contribution in [0.4, 0.5) is 5.00 Å². The molecule has 0 aromatic carbocycles. The molecule has 0 aliphatic heterocycles. The van der Waals surface area contributed by atoms with Crippen molar-refractivity contribution in [3.8, 4) is 0 Å². The van der Waals surface area contributed by atoms with Crippen molar-refractivity contribution in [1.82, 2.24) is 0 Å². The molecule has 0 radical (unpaired) electrons. The van der Waals surface area contributed by atoms with Gasteiger partial charge in [-0.15, -0.1) is 11.3 Å². The molecule has 1 aromatic rings. The number of ether oxygens (including phenoxy) is 1. The number of amides is 1. The van der Waals surface area contributed by atoms with Gasteiger partial charge in [-0.25, -0.2) is 4.79 Å². The largest absolute Gasteiger partial charge is 0.465 e. The molecule has 64 valence electrons. The van der Waals surface area contributed by atoms with Crippen molar-refractivity contribution < 1.29 is 14.3 Å². The number of esters is 1. The molecule has 1 amide bonds. The van der Waals surface area contributed by atoms with E-state index in [4.69, 9.17) is 0 Å². The van der Waals surface area contributed by atoms with Gasteiger partial charge in [0.1, 0.15) is 5.00 Å². The molecule has 0 saturated heterocycles. The fourth-order valence-electron chi connectivity index (χ4n) is 0.745. The van der Waals surface area contributed by atoms with Crippen LogP contribution in [-0.2, 0) is 9.53 Å². The maximum absolute atomic E-state index is 11.0. The number of hydrogen-bond acceptors (Lipinski definition) is 4. The Bertz CT molecular complexity index is 295. The summed E-state index contributed by atoms with van der Waals surface area (Å²) in [7, 11) is 1.30. The van der Waals surface area contributed by atoms with Gasteiger partial charge < -0.3 is 10.1 Å². The summed E-state index contributed by atoms with van der Waals surface area (Å²) in [4.78, 5) is 21.1. The maximum Gasteiger partial charge on any atom is 0.340 e. The zero-order valence-corrected chi connectivity index (χ0v) is 7.18. The summed E-state index contributed by atoms with van der Waals surface area (Å²) < 4.78 is 4.49. The van der Waals surface area contributed by atoms with Crippen LogP contribution in [-0.4, -0.2) is 19.5 Å². The number of carbonyl (C=O) groups excluding carboxylic acids is 2. The van der Waals surface area contributed by atoms with E-state index in [0.29, 0.717) is 17.0 Å². The minimum Gasteiger partial charge on any atom is -0.465 e. The standard InChI is InChI=1S/C7H7NO3S/c1-11-7(10)5-2-3-12-6(5)8-4-9/h2-4H,1H3,(H,8,9). The predicted octanol–water partition coefficient (Wildman–Crippen LogP) is 1.10. The summed E-state index contributed by atoms with van der Waals surface area (Å²) in [6.45, 7) is 0. The monoisotopic (exact) mass is 185 g/mol. The number of methoxy groups -OCH3 is 1. The number of anilines is 1. The third-order valence-corrected chi connectivity index (χ3v) is 2.11. The molecular weight excluding hydrogens is 178 g/mol. The summed E-state index contributed by atoms with van der Waals surface area (Å²) >= 11 is 1.27. The topological polar surface area (TPSA) is 55.4 Å². The lowest BCUT2D eigenvalue weighted by molar-refractivity contribution is -0.105. The molecule has 0 bridgehead atoms. The first-order valence-electron chi connectivity index (χ1n) is 3.15. The van der Waals surface area contributed by atoms with E-state index in [9.17, 15) is 9.59 Å². The quantitative estimate of drug-likeness (QED) is 0.566. The van der Waals surface area contributed by atoms with Gasteiger partial charge in [-0.1, -0.05) is 0 Å². The summed E-state index contributed by atoms with van der Waals surface area (Å²) in [5.41, 5.74) is 0.384. The van der Waals surface area contributed by atoms with Gasteiger partial charge in [-0.3, -0.25) is 4.79 Å². The van der Waals surface area contributed by atoms with Gasteiger partial charge in [0.05, 0.1) is 12.7 Å². The second kappa shape index (κ2) is 3.87. The van der Waals surface area contributed by atoms with Crippen LogP contribution in [0.3, 0.4) is 0 Å². The molecule has 5 heteroatoms. The number of thiophene rings is 1. The highest BCUT2D eigenvalue weighted by atomic mass is 32.1. The minimum absolute atomic E-state index is 0.384. The van der Waals surface area contributed by atoms with Crippen molar-refractivity contribution >= 4 is 28.7 Å². The van der Waals surface area contributed by atoms with Crippen LogP contribution in [0.25, 0.3) is 0 Å². The van der Waals surface area contributed by atoms with Crippen molar-refractivity contribution in [2.75, 3.05) is 12.4 Å². The fraction of sp³-hybridized carbons (Fsp3) is 0.143. The van der Waals surface area contributed by atoms with Crippen molar-refractivity contribution in [1.29, 1.82) is 0 Å². The summed E-state index contributed by atoms with van der Waals surface area (Å²) in [6.07, 6.45) is 0.526. The Morgan fingerprint density at radius 1 is 1.75 bits per heavy atom. The molecule has 0 aliphatic rings. The average Bonchev–Trinajstić information content (AvgIpc) is 2.52. The van der Waals surface area contributed by atoms with E-state index in [2.05, 4.69) is 10.1 Å². The Kier molecular flexibility index (Phi) is 2.82. The predicted molar refractivity (Wildman–Crippen MR) is 45.3 cm³/mol. The molecular formula is C7H7NO3S. The van der Waals surface area contributed by atoms with Gasteiger partial charge >= 0.3 is 5.97 Å². The maximum atomic E-state index is 11.0. The molecule has 1 rings (SSSR count). The lowest BCUT2D eigenvalue weighted by Crippen LogP contribution is -2.03. The van der Waals surface area contributed by atoms with Crippen LogP contribution in [0.2, 0.25) is 0 Å². The highest BCUT2D eigenvalue weighted by molar-refractivity contribution is 7.14. The van der Waals surface area contributed by atoms with E-state index in [1.807, 2.05) is 0 Å². The van der Waals surface area contributed by atoms with Crippen LogP contribution in [0.1, 0.15) is 10.4 Å². The van der Waals surface area contributed by atoms with Crippen LogP contribution in [0, 0.1) is 0 Å². The van der Waals surface area contributed by atoms with E-state index in [1.54, 1.807) is 11.4 Å². The van der Waals surface area contributed by atoms with Crippen molar-refractivity contribution in [3.63, 3.8) is 0 Å². The molecule has 1 N–H and O–H groups in total. The van der Waals surface area contributed by atoms with E-state index in [0.717, 1.165) is 0 Å². The van der Waals surface area contributed by atoms with Crippen LogP contribution < -0.4 is 5.32 Å². The van der Waals surface area contributed by atoms with E-state index >= 15 is 0 Å². The summed E-state index contributed by atoms with van der Waals surface area (Å²) in [5.74, 6) is -0.444. The summed E-state index contributed by atoms with van der Waals surface area (Å²) in [6, 6.07) is 1.60. The Hall–Kier alpha value is -1.36. The van der Waals surface area contributed by atoms with Gasteiger partial charge in [0, 0.05) is 0 Å². The lowest BCUT2D eigenvalue weighted by atomic mass is 10.3. The Morgan fingerprint density at radius 2 is 2.50 bits per heavy atom. The van der Waals surface area contributed by atoms with Crippen LogP contribution >= 0.6 is 11.3 Å². The second-order valence-corrected chi connectivity index (χ2v) is 2.83. The molecule has 0 saturated carbocycles. The van der Waals surface area contributed by atoms with Gasteiger partial charge in [0.15, 0.2) is 0 Å². The van der Waals surface area contributed by atoms with Crippen LogP contribution in [0.15, 0.2) is 11.4 Å². The fourth-order valence-corrected chi connectivity index (χ4v) is 1.48. The normalized spacial score (nSPS) is 9.08. The first kappa shape index (κ1) is 8.73. The average molecular weight is 185 g/mol. The molecule has 0 unspecified atom stereocenters. The van der Waals surface area contributed by atoms with Crippen LogP contribution in [0.5, 0.6) is 0 Å². The zero-order chi connectivity index (χ0) is 8.97. The highest BCUT2D eigenvalue weighted by Gasteiger charge is 2.11. The van der Waals surface area contributed by atoms with E-state index < -0.39 is 5.97 Å². The van der Waals surface area contributed by atoms with Crippen molar-refractivity contribution in [2.24, 2.45) is 0 Å². The van der Waals surface area contributed by atoms with Crippen molar-refractivity contribution in [3.05, 3.63) is 17.0 Å². The molecule has 0 aliphatic carbocycles. The molecule has 0 atom stereocenters. The molecule has 12 heavy (non-hydrogen) atoms. The highest BCUT2D eigenvalue weighted by Crippen LogP contribution is 2.22. The van der Waals surface area contributed by atoms with Gasteiger partial charge in [0.25, 0.3) is 0 Å². The summed E-state index contributed by atoms with van der Waals surface area (Å²) in [5, 5.41) is 4.63. The number of hydrogen-bond donors (Lipinski definition) is 1. The van der Waals surface area contributed by atoms with E-state index in [-0.39, 0.29) is 0 Å². The number of nitrogens with one attached hydrogen (secondary N) is 1. The molecule has 0 fully saturated rings. The zero-order valence-electron chi connectivity index (χ0n) is 6.37. The van der Waals surface area contributed by atoms with Crippen molar-refractivity contribution in [2.45, 2.75) is 0 Å². The smallest absolute Gasteiger partial charge is 0.340 e. The molecule has 0 spiro atoms. The third-order valence-electron chi connectivity index (χ3n) is 1.26. The van der Waals surface area contributed by atoms with Gasteiger partial charge in [-0.05, 0) is 11.4 Å². The van der Waals surface area contributed by atoms with Gasteiger partial charge in [0.2, 0.25) is 6.41 Å². The number of carbonyl (C=O) groups is 2.